The van der Waals surface area contributed by atoms with Crippen LogP contribution in [0.3, 0.4) is 0 Å². The van der Waals surface area contributed by atoms with Crippen molar-refractivity contribution in [2.75, 3.05) is 21.3 Å². The second-order valence-electron chi connectivity index (χ2n) is 6.50. The van der Waals surface area contributed by atoms with Gasteiger partial charge in [0.2, 0.25) is 0 Å². The molecular weight excluding hydrogens is 376 g/mol. The van der Waals surface area contributed by atoms with Crippen molar-refractivity contribution in [2.24, 2.45) is 0 Å². The second kappa shape index (κ2) is 10.3. The fourth-order valence-corrected chi connectivity index (χ4v) is 2.74. The van der Waals surface area contributed by atoms with Gasteiger partial charge in [0.05, 0.1) is 21.3 Å². The van der Waals surface area contributed by atoms with E-state index in [9.17, 15) is 9.59 Å². The fourth-order valence-electron chi connectivity index (χ4n) is 2.74. The Morgan fingerprint density at radius 3 is 2.24 bits per heavy atom. The predicted octanol–water partition coefficient (Wildman–Crippen LogP) is 2.61. The lowest BCUT2D eigenvalue weighted by molar-refractivity contribution is -0.148. The monoisotopic (exact) mass is 402 g/mol. The van der Waals surface area contributed by atoms with Gasteiger partial charge in [-0.05, 0) is 30.2 Å². The number of hydrogen-bond donors (Lipinski definition) is 2. The van der Waals surface area contributed by atoms with Crippen LogP contribution in [0.2, 0.25) is 0 Å². The highest BCUT2D eigenvalue weighted by molar-refractivity contribution is 5.81. The number of amides is 1. The van der Waals surface area contributed by atoms with Crippen molar-refractivity contribution in [3.05, 3.63) is 59.7 Å². The summed E-state index contributed by atoms with van der Waals surface area (Å²) in [5.74, 6) is 0.565. The first kappa shape index (κ1) is 22.0. The molecular formula is C21H26N2O6. The molecule has 0 aliphatic heterocycles. The zero-order chi connectivity index (χ0) is 21.3. The SMILES string of the molecule is COC(=O)[C@@](C)(Cc1ccc(OC)c(OC)c1)NNC(=O)OCc1ccccc1. The molecule has 2 rings (SSSR count). The zero-order valence-corrected chi connectivity index (χ0v) is 17.0. The molecule has 0 aliphatic rings. The van der Waals surface area contributed by atoms with E-state index in [0.717, 1.165) is 11.1 Å². The van der Waals surface area contributed by atoms with Gasteiger partial charge in [0.25, 0.3) is 0 Å². The Hall–Kier alpha value is -3.26. The first-order chi connectivity index (χ1) is 13.9. The van der Waals surface area contributed by atoms with Crippen molar-refractivity contribution >= 4 is 12.1 Å². The summed E-state index contributed by atoms with van der Waals surface area (Å²) >= 11 is 0. The number of rotatable bonds is 9. The van der Waals surface area contributed by atoms with Crippen molar-refractivity contribution < 1.29 is 28.5 Å². The molecule has 2 aromatic carbocycles. The summed E-state index contributed by atoms with van der Waals surface area (Å²) in [6.07, 6.45) is -0.491. The highest BCUT2D eigenvalue weighted by Crippen LogP contribution is 2.29. The molecule has 8 heteroatoms. The minimum Gasteiger partial charge on any atom is -0.493 e. The summed E-state index contributed by atoms with van der Waals surface area (Å²) in [6, 6.07) is 14.6. The fraction of sp³-hybridized carbons (Fsp3) is 0.333. The Morgan fingerprint density at radius 2 is 1.62 bits per heavy atom. The highest BCUT2D eigenvalue weighted by atomic mass is 16.6. The van der Waals surface area contributed by atoms with Crippen LogP contribution in [0.5, 0.6) is 11.5 Å². The Morgan fingerprint density at radius 1 is 0.931 bits per heavy atom. The predicted molar refractivity (Wildman–Crippen MR) is 107 cm³/mol. The smallest absolute Gasteiger partial charge is 0.421 e. The van der Waals surface area contributed by atoms with E-state index in [-0.39, 0.29) is 13.0 Å². The number of carbonyl (C=O) groups excluding carboxylic acids is 2. The van der Waals surface area contributed by atoms with Crippen LogP contribution in [0, 0.1) is 0 Å². The second-order valence-corrected chi connectivity index (χ2v) is 6.50. The van der Waals surface area contributed by atoms with Gasteiger partial charge in [-0.15, -0.1) is 0 Å². The van der Waals surface area contributed by atoms with E-state index in [1.807, 2.05) is 30.3 Å². The zero-order valence-electron chi connectivity index (χ0n) is 17.0. The Bertz CT molecular complexity index is 827. The minimum absolute atomic E-state index is 0.110. The molecule has 0 bridgehead atoms. The lowest BCUT2D eigenvalue weighted by atomic mass is 9.93. The maximum absolute atomic E-state index is 12.4. The van der Waals surface area contributed by atoms with Crippen molar-refractivity contribution in [3.63, 3.8) is 0 Å². The number of carbonyl (C=O) groups is 2. The van der Waals surface area contributed by atoms with Crippen LogP contribution in [0.15, 0.2) is 48.5 Å². The number of methoxy groups -OCH3 is 3. The van der Waals surface area contributed by atoms with Crippen LogP contribution in [0.1, 0.15) is 18.1 Å². The molecule has 0 heterocycles. The largest absolute Gasteiger partial charge is 0.493 e. The molecule has 0 fully saturated rings. The van der Waals surface area contributed by atoms with E-state index in [1.165, 1.54) is 14.2 Å². The molecule has 1 atom stereocenters. The molecule has 0 radical (unpaired) electrons. The third kappa shape index (κ3) is 6.11. The molecule has 0 unspecified atom stereocenters. The van der Waals surface area contributed by atoms with Crippen molar-refractivity contribution in [2.45, 2.75) is 25.5 Å². The average Bonchev–Trinajstić information content (AvgIpc) is 2.76. The van der Waals surface area contributed by atoms with Gasteiger partial charge >= 0.3 is 12.1 Å². The highest BCUT2D eigenvalue weighted by Gasteiger charge is 2.35. The number of nitrogens with one attached hydrogen (secondary N) is 2. The molecule has 0 spiro atoms. The summed E-state index contributed by atoms with van der Waals surface area (Å²) in [5.41, 5.74) is 5.53. The molecule has 156 valence electrons. The van der Waals surface area contributed by atoms with Gasteiger partial charge < -0.3 is 18.9 Å². The van der Waals surface area contributed by atoms with Crippen LogP contribution in [-0.4, -0.2) is 38.9 Å². The van der Waals surface area contributed by atoms with Crippen molar-refractivity contribution in [1.82, 2.24) is 10.9 Å². The minimum atomic E-state index is -1.24. The maximum Gasteiger partial charge on any atom is 0.421 e. The van der Waals surface area contributed by atoms with Gasteiger partial charge in [-0.25, -0.2) is 15.0 Å². The first-order valence-electron chi connectivity index (χ1n) is 8.95. The van der Waals surface area contributed by atoms with Gasteiger partial charge in [0.1, 0.15) is 12.1 Å². The van der Waals surface area contributed by atoms with E-state index in [1.54, 1.807) is 32.2 Å². The lowest BCUT2D eigenvalue weighted by Gasteiger charge is -2.28. The summed E-state index contributed by atoms with van der Waals surface area (Å²) in [6.45, 7) is 1.73. The maximum atomic E-state index is 12.4. The summed E-state index contributed by atoms with van der Waals surface area (Å²) in [7, 11) is 4.36. The molecule has 2 aromatic rings. The summed E-state index contributed by atoms with van der Waals surface area (Å²) in [5, 5.41) is 0. The van der Waals surface area contributed by atoms with E-state index < -0.39 is 17.6 Å². The molecule has 29 heavy (non-hydrogen) atoms. The number of hydrogen-bond acceptors (Lipinski definition) is 7. The molecule has 2 N–H and O–H groups in total. The average molecular weight is 402 g/mol. The Kier molecular flexibility index (Phi) is 7.85. The van der Waals surface area contributed by atoms with Crippen LogP contribution in [0.4, 0.5) is 4.79 Å². The Labute approximate surface area is 170 Å². The molecule has 0 saturated heterocycles. The quantitative estimate of drug-likeness (QED) is 0.492. The van der Waals surface area contributed by atoms with Gasteiger partial charge in [0, 0.05) is 6.42 Å². The van der Waals surface area contributed by atoms with Crippen molar-refractivity contribution in [1.29, 1.82) is 0 Å². The van der Waals surface area contributed by atoms with E-state index >= 15 is 0 Å². The van der Waals surface area contributed by atoms with Crippen LogP contribution in [-0.2, 0) is 27.3 Å². The van der Waals surface area contributed by atoms with Gasteiger partial charge in [-0.3, -0.25) is 5.43 Å². The van der Waals surface area contributed by atoms with Gasteiger partial charge in [-0.2, -0.15) is 0 Å². The number of ether oxygens (including phenoxy) is 4. The summed E-state index contributed by atoms with van der Waals surface area (Å²) in [4.78, 5) is 24.4. The normalized spacial score (nSPS) is 12.4. The number of esters is 1. The molecule has 1 amide bonds. The first-order valence-corrected chi connectivity index (χ1v) is 8.95. The van der Waals surface area contributed by atoms with Crippen molar-refractivity contribution in [3.8, 4) is 11.5 Å². The third-order valence-corrected chi connectivity index (χ3v) is 4.29. The number of hydrazine groups is 1. The van der Waals surface area contributed by atoms with E-state index in [2.05, 4.69) is 10.9 Å². The number of benzene rings is 2. The lowest BCUT2D eigenvalue weighted by Crippen LogP contribution is -2.58. The van der Waals surface area contributed by atoms with Gasteiger partial charge in [-0.1, -0.05) is 36.4 Å². The Balaban J connectivity index is 2.03. The third-order valence-electron chi connectivity index (χ3n) is 4.29. The molecule has 8 nitrogen and oxygen atoms in total. The van der Waals surface area contributed by atoms with E-state index in [0.29, 0.717) is 11.5 Å². The standard InChI is InChI=1S/C21H26N2O6/c1-21(19(24)28-4,13-16-10-11-17(26-2)18(12-16)27-3)23-22-20(25)29-14-15-8-6-5-7-9-15/h5-12,23H,13-14H2,1-4H3,(H,22,25)/t21-/m1/s1. The van der Waals surface area contributed by atoms with Crippen LogP contribution in [0.25, 0.3) is 0 Å². The van der Waals surface area contributed by atoms with Gasteiger partial charge in [0.15, 0.2) is 11.5 Å². The molecule has 0 aromatic heterocycles. The van der Waals surface area contributed by atoms with Crippen LogP contribution >= 0.6 is 0 Å². The molecule has 0 aliphatic carbocycles. The van der Waals surface area contributed by atoms with E-state index in [4.69, 9.17) is 18.9 Å². The topological polar surface area (TPSA) is 95.1 Å². The summed E-state index contributed by atoms with van der Waals surface area (Å²) < 4.78 is 20.6. The van der Waals surface area contributed by atoms with Crippen LogP contribution < -0.4 is 20.3 Å². The molecule has 0 saturated carbocycles.